The molecule has 0 atom stereocenters. The van der Waals surface area contributed by atoms with Crippen LogP contribution in [0.4, 0.5) is 28.9 Å². The maximum Gasteiger partial charge on any atom is 0.419 e. The number of rotatable bonds is 6. The molecule has 0 aromatic heterocycles. The molecule has 0 aliphatic heterocycles. The second-order valence-electron chi connectivity index (χ2n) is 5.41. The average Bonchev–Trinajstić information content (AvgIpc) is 2.60. The molecular weight excluding hydrogens is 426 g/mol. The molecule has 0 amide bonds. The summed E-state index contributed by atoms with van der Waals surface area (Å²) in [5.74, 6) is -1.62. The Labute approximate surface area is 158 Å². The molecule has 0 aliphatic carbocycles. The molecule has 28 heavy (non-hydrogen) atoms. The molecule has 2 aromatic rings. The predicted molar refractivity (Wildman–Crippen MR) is 94.4 cm³/mol. The van der Waals surface area contributed by atoms with E-state index >= 15 is 0 Å². The molecule has 0 bridgehead atoms. The van der Waals surface area contributed by atoms with E-state index in [-0.39, 0.29) is 22.3 Å². The van der Waals surface area contributed by atoms with Crippen molar-refractivity contribution in [3.63, 3.8) is 0 Å². The van der Waals surface area contributed by atoms with Crippen molar-refractivity contribution in [1.29, 1.82) is 0 Å². The van der Waals surface area contributed by atoms with Crippen molar-refractivity contribution in [3.8, 4) is 0 Å². The fraction of sp³-hybridized carbons (Fsp3) is 0.200. The normalized spacial score (nSPS) is 12.6. The highest BCUT2D eigenvalue weighted by Crippen LogP contribution is 2.34. The van der Waals surface area contributed by atoms with Crippen LogP contribution in [0.25, 0.3) is 0 Å². The van der Waals surface area contributed by atoms with E-state index in [2.05, 4.69) is 10.0 Å². The Morgan fingerprint density at radius 3 is 1.93 bits per heavy atom. The minimum absolute atomic E-state index is 0.158. The zero-order valence-electron chi connectivity index (χ0n) is 14.4. The van der Waals surface area contributed by atoms with Gasteiger partial charge in [0, 0.05) is 7.05 Å². The first-order chi connectivity index (χ1) is 12.8. The summed E-state index contributed by atoms with van der Waals surface area (Å²) >= 11 is 0. The zero-order valence-corrected chi connectivity index (χ0v) is 16.1. The molecule has 7 nitrogen and oxygen atoms in total. The van der Waals surface area contributed by atoms with Gasteiger partial charge in [-0.3, -0.25) is 4.72 Å². The summed E-state index contributed by atoms with van der Waals surface area (Å²) < 4.78 is 105. The summed E-state index contributed by atoms with van der Waals surface area (Å²) in [6.07, 6.45) is -5.09. The third-order valence-electron chi connectivity index (χ3n) is 3.64. The Hall–Kier alpha value is -2.38. The van der Waals surface area contributed by atoms with Gasteiger partial charge in [0.05, 0.1) is 26.7 Å². The summed E-state index contributed by atoms with van der Waals surface area (Å²) in [4.78, 5) is -1.12. The Bertz CT molecular complexity index is 1100. The maximum atomic E-state index is 13.4. The van der Waals surface area contributed by atoms with Gasteiger partial charge in [-0.2, -0.15) is 13.2 Å². The monoisotopic (exact) mass is 441 g/mol. The largest absolute Gasteiger partial charge is 0.419 e. The second kappa shape index (κ2) is 7.56. The first kappa shape index (κ1) is 21.9. The maximum absolute atomic E-state index is 13.4. The van der Waals surface area contributed by atoms with Crippen molar-refractivity contribution in [2.75, 3.05) is 24.1 Å². The average molecular weight is 441 g/mol. The Morgan fingerprint density at radius 1 is 0.821 bits per heavy atom. The van der Waals surface area contributed by atoms with Crippen LogP contribution >= 0.6 is 0 Å². The minimum atomic E-state index is -5.09. The molecule has 0 unspecified atom stereocenters. The summed E-state index contributed by atoms with van der Waals surface area (Å²) in [5, 5.41) is 2.63. The van der Waals surface area contributed by atoms with Crippen molar-refractivity contribution < 1.29 is 34.4 Å². The quantitative estimate of drug-likeness (QED) is 0.598. The van der Waals surface area contributed by atoms with Gasteiger partial charge in [0.15, 0.2) is 0 Å². The molecule has 3 N–H and O–H groups in total. The molecule has 0 fully saturated rings. The van der Waals surface area contributed by atoms with Crippen LogP contribution in [0.3, 0.4) is 0 Å². The number of hydrogen-bond donors (Lipinski definition) is 3. The van der Waals surface area contributed by atoms with Crippen molar-refractivity contribution in [1.82, 2.24) is 4.72 Å². The van der Waals surface area contributed by atoms with E-state index in [1.807, 2.05) is 4.72 Å². The van der Waals surface area contributed by atoms with E-state index in [4.69, 9.17) is 0 Å². The fourth-order valence-corrected chi connectivity index (χ4v) is 4.06. The molecule has 0 heterocycles. The van der Waals surface area contributed by atoms with Gasteiger partial charge in [-0.05, 0) is 43.4 Å². The number of sulfonamides is 2. The standard InChI is InChI=1S/C15H15F4N3O4S2/c1-20-13-6-4-10(27(23,24)21-2)8-14(13)22-28(25,26)9-3-5-12(16)11(7-9)15(17,18)19/h3-8,20-22H,1-2H3. The van der Waals surface area contributed by atoms with Crippen molar-refractivity contribution in [2.24, 2.45) is 0 Å². The highest BCUT2D eigenvalue weighted by Gasteiger charge is 2.35. The van der Waals surface area contributed by atoms with Crippen molar-refractivity contribution >= 4 is 31.4 Å². The first-order valence-corrected chi connectivity index (χ1v) is 10.4. The molecular formula is C15H15F4N3O4S2. The van der Waals surface area contributed by atoms with Crippen molar-refractivity contribution in [2.45, 2.75) is 16.0 Å². The van der Waals surface area contributed by atoms with Gasteiger partial charge in [-0.1, -0.05) is 0 Å². The van der Waals surface area contributed by atoms with Crippen LogP contribution in [-0.2, 0) is 26.2 Å². The van der Waals surface area contributed by atoms with E-state index in [1.165, 1.54) is 19.2 Å². The lowest BCUT2D eigenvalue weighted by molar-refractivity contribution is -0.140. The lowest BCUT2D eigenvalue weighted by atomic mass is 10.2. The van der Waals surface area contributed by atoms with E-state index in [0.29, 0.717) is 12.1 Å². The minimum Gasteiger partial charge on any atom is -0.386 e. The molecule has 2 rings (SSSR count). The van der Waals surface area contributed by atoms with Gasteiger partial charge in [0.2, 0.25) is 10.0 Å². The predicted octanol–water partition coefficient (Wildman–Crippen LogP) is 2.60. The molecule has 13 heteroatoms. The molecule has 0 saturated heterocycles. The molecule has 0 spiro atoms. The van der Waals surface area contributed by atoms with Gasteiger partial charge < -0.3 is 5.32 Å². The molecule has 0 aliphatic rings. The van der Waals surface area contributed by atoms with Crippen LogP contribution in [0.15, 0.2) is 46.2 Å². The summed E-state index contributed by atoms with van der Waals surface area (Å²) in [6, 6.07) is 4.68. The van der Waals surface area contributed by atoms with Crippen LogP contribution in [0.2, 0.25) is 0 Å². The van der Waals surface area contributed by atoms with Gasteiger partial charge >= 0.3 is 6.18 Å². The smallest absolute Gasteiger partial charge is 0.386 e. The summed E-state index contributed by atoms with van der Waals surface area (Å²) in [6.45, 7) is 0. The third kappa shape index (κ3) is 4.54. The fourth-order valence-electron chi connectivity index (χ4n) is 2.20. The number of hydrogen-bond acceptors (Lipinski definition) is 5. The zero-order chi connectivity index (χ0) is 21.3. The first-order valence-electron chi connectivity index (χ1n) is 7.47. The van der Waals surface area contributed by atoms with Gasteiger partial charge in [-0.25, -0.2) is 25.9 Å². The topological polar surface area (TPSA) is 104 Å². The van der Waals surface area contributed by atoms with Gasteiger partial charge in [0.1, 0.15) is 5.82 Å². The van der Waals surface area contributed by atoms with Crippen LogP contribution in [0.1, 0.15) is 5.56 Å². The van der Waals surface area contributed by atoms with Gasteiger partial charge in [-0.15, -0.1) is 0 Å². The number of benzene rings is 2. The molecule has 0 saturated carbocycles. The molecule has 154 valence electrons. The number of alkyl halides is 3. The number of anilines is 2. The van der Waals surface area contributed by atoms with Gasteiger partial charge in [0.25, 0.3) is 10.0 Å². The van der Waals surface area contributed by atoms with Crippen LogP contribution in [0.5, 0.6) is 0 Å². The van der Waals surface area contributed by atoms with Crippen LogP contribution in [-0.4, -0.2) is 30.9 Å². The third-order valence-corrected chi connectivity index (χ3v) is 6.41. The summed E-state index contributed by atoms with van der Waals surface area (Å²) in [5.41, 5.74) is -1.80. The van der Waals surface area contributed by atoms with Crippen LogP contribution in [0, 0.1) is 5.82 Å². The van der Waals surface area contributed by atoms with Crippen LogP contribution < -0.4 is 14.8 Å². The molecule has 0 radical (unpaired) electrons. The van der Waals surface area contributed by atoms with E-state index in [0.717, 1.165) is 13.1 Å². The SMILES string of the molecule is CNc1ccc(S(=O)(=O)NC)cc1NS(=O)(=O)c1ccc(F)c(C(F)(F)F)c1. The Kier molecular flexibility index (Phi) is 5.92. The number of halogens is 4. The second-order valence-corrected chi connectivity index (χ2v) is 8.98. The van der Waals surface area contributed by atoms with E-state index in [9.17, 15) is 34.4 Å². The van der Waals surface area contributed by atoms with Crippen molar-refractivity contribution in [3.05, 3.63) is 47.8 Å². The Balaban J connectivity index is 2.54. The molecule has 2 aromatic carbocycles. The Morgan fingerprint density at radius 2 is 1.39 bits per heavy atom. The highest BCUT2D eigenvalue weighted by atomic mass is 32.2. The highest BCUT2D eigenvalue weighted by molar-refractivity contribution is 7.92. The van der Waals surface area contributed by atoms with E-state index < -0.39 is 42.5 Å². The lowest BCUT2D eigenvalue weighted by Gasteiger charge is -2.15. The lowest BCUT2D eigenvalue weighted by Crippen LogP contribution is -2.20. The number of nitrogens with one attached hydrogen (secondary N) is 3. The summed E-state index contributed by atoms with van der Waals surface area (Å²) in [7, 11) is -5.91. The van der Waals surface area contributed by atoms with E-state index in [1.54, 1.807) is 0 Å².